The first-order valence-corrected chi connectivity index (χ1v) is 10.3. The largest absolute Gasteiger partial charge is 0.497 e. The fourth-order valence-corrected chi connectivity index (χ4v) is 3.57. The summed E-state index contributed by atoms with van der Waals surface area (Å²) in [5.41, 5.74) is 3.22. The quantitative estimate of drug-likeness (QED) is 0.515. The van der Waals surface area contributed by atoms with Crippen LogP contribution in [-0.2, 0) is 17.8 Å². The molecular weight excluding hydrogens is 390 g/mol. The molecule has 5 heteroatoms. The summed E-state index contributed by atoms with van der Waals surface area (Å²) in [4.78, 5) is 12.8. The van der Waals surface area contributed by atoms with E-state index in [0.29, 0.717) is 24.5 Å². The van der Waals surface area contributed by atoms with Gasteiger partial charge in [0.05, 0.1) is 21.3 Å². The lowest BCUT2D eigenvalue weighted by Crippen LogP contribution is -2.25. The first-order valence-electron chi connectivity index (χ1n) is 10.3. The van der Waals surface area contributed by atoms with Crippen molar-refractivity contribution < 1.29 is 19.0 Å². The monoisotopic (exact) mass is 419 g/mol. The van der Waals surface area contributed by atoms with Gasteiger partial charge in [-0.2, -0.15) is 0 Å². The van der Waals surface area contributed by atoms with Gasteiger partial charge in [0.2, 0.25) is 5.91 Å². The number of hydrogen-bond donors (Lipinski definition) is 1. The molecule has 1 N–H and O–H groups in total. The maximum atomic E-state index is 12.8. The van der Waals surface area contributed by atoms with Crippen molar-refractivity contribution in [2.24, 2.45) is 0 Å². The number of carbonyl (C=O) groups excluding carboxylic acids is 1. The molecule has 0 heterocycles. The van der Waals surface area contributed by atoms with E-state index in [1.54, 1.807) is 21.3 Å². The Bertz CT molecular complexity index is 970. The number of hydrogen-bond acceptors (Lipinski definition) is 4. The van der Waals surface area contributed by atoms with Gasteiger partial charge in [0.1, 0.15) is 17.2 Å². The summed E-state index contributed by atoms with van der Waals surface area (Å²) in [6.45, 7) is 0.396. The molecule has 0 spiro atoms. The Hall–Kier alpha value is -3.47. The molecule has 3 rings (SSSR count). The lowest BCUT2D eigenvalue weighted by molar-refractivity contribution is -0.121. The van der Waals surface area contributed by atoms with Gasteiger partial charge in [0.25, 0.3) is 0 Å². The fraction of sp³-hybridized carbons (Fsp3) is 0.269. The number of amides is 1. The highest BCUT2D eigenvalue weighted by Gasteiger charge is 2.18. The second kappa shape index (κ2) is 11.1. The van der Waals surface area contributed by atoms with Crippen molar-refractivity contribution in [3.8, 4) is 17.2 Å². The first-order chi connectivity index (χ1) is 15.1. The van der Waals surface area contributed by atoms with Crippen molar-refractivity contribution in [3.05, 3.63) is 89.5 Å². The van der Waals surface area contributed by atoms with Crippen molar-refractivity contribution >= 4 is 5.91 Å². The number of ether oxygens (including phenoxy) is 3. The van der Waals surface area contributed by atoms with Crippen molar-refractivity contribution in [1.29, 1.82) is 0 Å². The molecule has 0 aromatic heterocycles. The SMILES string of the molecule is COc1ccc([C@H](CC(=O)NCc2ccc(OC)cc2OC)Cc2ccccc2)cc1. The topological polar surface area (TPSA) is 56.8 Å². The van der Waals surface area contributed by atoms with Gasteiger partial charge in [-0.3, -0.25) is 4.79 Å². The van der Waals surface area contributed by atoms with Gasteiger partial charge < -0.3 is 19.5 Å². The van der Waals surface area contributed by atoms with Crippen LogP contribution in [0.3, 0.4) is 0 Å². The second-order valence-corrected chi connectivity index (χ2v) is 7.32. The van der Waals surface area contributed by atoms with E-state index >= 15 is 0 Å². The van der Waals surface area contributed by atoms with E-state index in [4.69, 9.17) is 14.2 Å². The summed E-state index contributed by atoms with van der Waals surface area (Å²) in [6.07, 6.45) is 1.17. The second-order valence-electron chi connectivity index (χ2n) is 7.32. The predicted octanol–water partition coefficient (Wildman–Crippen LogP) is 4.75. The molecule has 3 aromatic rings. The molecule has 0 fully saturated rings. The lowest BCUT2D eigenvalue weighted by Gasteiger charge is -2.18. The molecule has 1 amide bonds. The Morgan fingerprint density at radius 2 is 1.52 bits per heavy atom. The van der Waals surface area contributed by atoms with Gasteiger partial charge in [-0.1, -0.05) is 42.5 Å². The van der Waals surface area contributed by atoms with Crippen molar-refractivity contribution in [2.75, 3.05) is 21.3 Å². The third-order valence-corrected chi connectivity index (χ3v) is 5.31. The van der Waals surface area contributed by atoms with Crippen LogP contribution < -0.4 is 19.5 Å². The van der Waals surface area contributed by atoms with Crippen LogP contribution in [0, 0.1) is 0 Å². The Balaban J connectivity index is 1.70. The van der Waals surface area contributed by atoms with Gasteiger partial charge in [-0.25, -0.2) is 0 Å². The van der Waals surface area contributed by atoms with E-state index < -0.39 is 0 Å². The molecule has 0 aliphatic rings. The predicted molar refractivity (Wildman–Crippen MR) is 122 cm³/mol. The zero-order chi connectivity index (χ0) is 22.1. The van der Waals surface area contributed by atoms with Crippen molar-refractivity contribution in [2.45, 2.75) is 25.3 Å². The first kappa shape index (κ1) is 22.2. The van der Waals surface area contributed by atoms with Gasteiger partial charge in [-0.05, 0) is 47.7 Å². The van der Waals surface area contributed by atoms with Crippen LogP contribution in [0.1, 0.15) is 29.0 Å². The Morgan fingerprint density at radius 1 is 0.839 bits per heavy atom. The van der Waals surface area contributed by atoms with Gasteiger partial charge >= 0.3 is 0 Å². The van der Waals surface area contributed by atoms with Crippen LogP contribution in [-0.4, -0.2) is 27.2 Å². The van der Waals surface area contributed by atoms with Crippen LogP contribution in [0.2, 0.25) is 0 Å². The van der Waals surface area contributed by atoms with Crippen LogP contribution in [0.5, 0.6) is 17.2 Å². The van der Waals surface area contributed by atoms with Gasteiger partial charge in [0.15, 0.2) is 0 Å². The molecule has 0 aliphatic heterocycles. The zero-order valence-corrected chi connectivity index (χ0v) is 18.3. The molecule has 0 bridgehead atoms. The van der Waals surface area contributed by atoms with E-state index in [1.165, 1.54) is 5.56 Å². The maximum absolute atomic E-state index is 12.8. The number of methoxy groups -OCH3 is 3. The number of carbonyl (C=O) groups is 1. The highest BCUT2D eigenvalue weighted by molar-refractivity contribution is 5.77. The summed E-state index contributed by atoms with van der Waals surface area (Å²) >= 11 is 0. The lowest BCUT2D eigenvalue weighted by atomic mass is 9.89. The number of benzene rings is 3. The molecule has 0 radical (unpaired) electrons. The molecule has 3 aromatic carbocycles. The van der Waals surface area contributed by atoms with Crippen LogP contribution in [0.25, 0.3) is 0 Å². The molecule has 0 unspecified atom stereocenters. The average molecular weight is 420 g/mol. The smallest absolute Gasteiger partial charge is 0.220 e. The van der Waals surface area contributed by atoms with Gasteiger partial charge in [-0.15, -0.1) is 0 Å². The van der Waals surface area contributed by atoms with Crippen LogP contribution >= 0.6 is 0 Å². The minimum Gasteiger partial charge on any atom is -0.497 e. The summed E-state index contributed by atoms with van der Waals surface area (Å²) in [7, 11) is 4.87. The van der Waals surface area contributed by atoms with Crippen LogP contribution in [0.4, 0.5) is 0 Å². The number of rotatable bonds is 10. The summed E-state index contributed by atoms with van der Waals surface area (Å²) < 4.78 is 15.9. The van der Waals surface area contributed by atoms with Gasteiger partial charge in [0, 0.05) is 24.6 Å². The summed E-state index contributed by atoms with van der Waals surface area (Å²) in [5.74, 6) is 2.27. The molecule has 0 saturated heterocycles. The Kier molecular flexibility index (Phi) is 7.93. The minimum atomic E-state index is -0.00498. The Morgan fingerprint density at radius 3 is 2.16 bits per heavy atom. The van der Waals surface area contributed by atoms with E-state index in [-0.39, 0.29) is 11.8 Å². The molecule has 162 valence electrons. The van der Waals surface area contributed by atoms with Crippen LogP contribution in [0.15, 0.2) is 72.8 Å². The molecule has 0 aliphatic carbocycles. The van der Waals surface area contributed by atoms with E-state index in [2.05, 4.69) is 17.4 Å². The van der Waals surface area contributed by atoms with E-state index in [0.717, 1.165) is 23.3 Å². The summed E-state index contributed by atoms with van der Waals surface area (Å²) in [6, 6.07) is 23.8. The summed E-state index contributed by atoms with van der Waals surface area (Å²) in [5, 5.41) is 3.04. The molecule has 5 nitrogen and oxygen atoms in total. The normalized spacial score (nSPS) is 11.5. The number of nitrogens with one attached hydrogen (secondary N) is 1. The van der Waals surface area contributed by atoms with Crippen molar-refractivity contribution in [3.63, 3.8) is 0 Å². The minimum absolute atomic E-state index is 0.00498. The molecular formula is C26H29NO4. The van der Waals surface area contributed by atoms with Crippen molar-refractivity contribution in [1.82, 2.24) is 5.32 Å². The average Bonchev–Trinajstić information content (AvgIpc) is 2.83. The molecule has 0 saturated carbocycles. The highest BCUT2D eigenvalue weighted by Crippen LogP contribution is 2.27. The molecule has 31 heavy (non-hydrogen) atoms. The standard InChI is InChI=1S/C26H29NO4/c1-29-23-12-9-20(10-13-23)22(15-19-7-5-4-6-8-19)16-26(28)27-18-21-11-14-24(30-2)17-25(21)31-3/h4-14,17,22H,15-16,18H2,1-3H3,(H,27,28)/t22-/m0/s1. The fourth-order valence-electron chi connectivity index (χ4n) is 3.57. The third kappa shape index (κ3) is 6.25. The Labute approximate surface area is 184 Å². The van der Waals surface area contributed by atoms with E-state index in [9.17, 15) is 4.79 Å². The zero-order valence-electron chi connectivity index (χ0n) is 18.3. The van der Waals surface area contributed by atoms with E-state index in [1.807, 2.05) is 60.7 Å². The molecule has 1 atom stereocenters. The maximum Gasteiger partial charge on any atom is 0.220 e. The highest BCUT2D eigenvalue weighted by atomic mass is 16.5. The third-order valence-electron chi connectivity index (χ3n) is 5.31.